The predicted molar refractivity (Wildman–Crippen MR) is 83.3 cm³/mol. The van der Waals surface area contributed by atoms with E-state index in [1.807, 2.05) is 6.07 Å². The molecule has 0 amide bonds. The Morgan fingerprint density at radius 3 is 2.70 bits per heavy atom. The molecule has 4 nitrogen and oxygen atoms in total. The van der Waals surface area contributed by atoms with Crippen LogP contribution in [-0.2, 0) is 6.42 Å². The number of hydrogen-bond acceptors (Lipinski definition) is 4. The van der Waals surface area contributed by atoms with E-state index in [1.165, 1.54) is 25.7 Å². The number of nitrogens with two attached hydrogens (primary N) is 1. The van der Waals surface area contributed by atoms with Crippen LogP contribution in [0.25, 0.3) is 6.58 Å². The van der Waals surface area contributed by atoms with Crippen molar-refractivity contribution in [1.29, 1.82) is 0 Å². The Labute approximate surface area is 120 Å². The van der Waals surface area contributed by atoms with Crippen LogP contribution >= 0.6 is 0 Å². The first-order valence-electron chi connectivity index (χ1n) is 7.48. The zero-order chi connectivity index (χ0) is 14.5. The summed E-state index contributed by atoms with van der Waals surface area (Å²) in [4.78, 5) is 0. The molecule has 0 saturated heterocycles. The van der Waals surface area contributed by atoms with Crippen LogP contribution in [0.5, 0.6) is 0 Å². The van der Waals surface area contributed by atoms with E-state index in [-0.39, 0.29) is 0 Å². The van der Waals surface area contributed by atoms with E-state index in [0.717, 1.165) is 46.3 Å². The van der Waals surface area contributed by atoms with Crippen LogP contribution in [0.1, 0.15) is 51.5 Å². The molecule has 0 atom stereocenters. The Bertz CT molecular complexity index is 602. The van der Waals surface area contributed by atoms with E-state index < -0.39 is 0 Å². The number of fused-ring (bicyclic) bond motifs is 1. The lowest BCUT2D eigenvalue weighted by atomic mass is 10.0. The fraction of sp³-hybridized carbons (Fsp3) is 0.562. The van der Waals surface area contributed by atoms with E-state index in [1.54, 1.807) is 0 Å². The molecule has 1 aromatic rings. The van der Waals surface area contributed by atoms with Crippen molar-refractivity contribution in [3.05, 3.63) is 22.2 Å². The zero-order valence-corrected chi connectivity index (χ0v) is 12.5. The largest absolute Gasteiger partial charge is 0.398 e. The molecule has 1 aromatic carbocycles. The van der Waals surface area contributed by atoms with Gasteiger partial charge < -0.3 is 5.73 Å². The summed E-state index contributed by atoms with van der Waals surface area (Å²) in [7, 11) is 0. The zero-order valence-electron chi connectivity index (χ0n) is 12.5. The summed E-state index contributed by atoms with van der Waals surface area (Å²) >= 11 is 0. The van der Waals surface area contributed by atoms with Gasteiger partial charge in [0.15, 0.2) is 0 Å². The van der Waals surface area contributed by atoms with E-state index in [4.69, 9.17) is 5.73 Å². The van der Waals surface area contributed by atoms with Crippen LogP contribution in [0.15, 0.2) is 21.5 Å². The van der Waals surface area contributed by atoms with Gasteiger partial charge in [0.1, 0.15) is 11.0 Å². The van der Waals surface area contributed by atoms with E-state index in [2.05, 4.69) is 35.9 Å². The van der Waals surface area contributed by atoms with Crippen molar-refractivity contribution < 1.29 is 0 Å². The fourth-order valence-corrected chi connectivity index (χ4v) is 2.52. The van der Waals surface area contributed by atoms with Gasteiger partial charge in [-0.15, -0.1) is 10.2 Å². The Morgan fingerprint density at radius 1 is 1.20 bits per heavy atom. The van der Waals surface area contributed by atoms with Gasteiger partial charge in [-0.1, -0.05) is 46.1 Å². The molecular weight excluding hydrogens is 248 g/mol. The minimum absolute atomic E-state index is 0.725. The number of nitrogens with zero attached hydrogens (tertiary/aromatic N) is 3. The van der Waals surface area contributed by atoms with Crippen molar-refractivity contribution in [1.82, 2.24) is 0 Å². The molecule has 20 heavy (non-hydrogen) atoms. The van der Waals surface area contributed by atoms with Gasteiger partial charge in [-0.05, 0) is 35.6 Å². The second kappa shape index (κ2) is 6.64. The number of anilines is 1. The first-order chi connectivity index (χ1) is 9.59. The Morgan fingerprint density at radius 2 is 1.95 bits per heavy atom. The average Bonchev–Trinajstić information content (AvgIpc) is 2.87. The van der Waals surface area contributed by atoms with Gasteiger partial charge in [0.25, 0.3) is 0 Å². The molecule has 0 saturated carbocycles. The number of aryl methyl sites for hydroxylation is 1. The van der Waals surface area contributed by atoms with Crippen molar-refractivity contribution in [3.63, 3.8) is 0 Å². The molecule has 108 valence electrons. The lowest BCUT2D eigenvalue weighted by molar-refractivity contribution is 0.520. The van der Waals surface area contributed by atoms with Gasteiger partial charge in [0, 0.05) is 10.9 Å². The molecule has 0 aromatic heterocycles. The lowest BCUT2D eigenvalue weighted by Crippen LogP contribution is -2.27. The van der Waals surface area contributed by atoms with Crippen molar-refractivity contribution >= 4 is 18.0 Å². The van der Waals surface area contributed by atoms with Gasteiger partial charge in [0.05, 0.1) is 0 Å². The minimum atomic E-state index is 0.725. The van der Waals surface area contributed by atoms with Crippen molar-refractivity contribution in [2.75, 3.05) is 5.73 Å². The highest BCUT2D eigenvalue weighted by Gasteiger charge is 2.09. The van der Waals surface area contributed by atoms with E-state index >= 15 is 0 Å². The molecule has 1 heterocycles. The maximum Gasteiger partial charge on any atom is 0.124 e. The maximum atomic E-state index is 6.13. The molecule has 0 spiro atoms. The highest BCUT2D eigenvalue weighted by molar-refractivity contribution is 5.56. The third kappa shape index (κ3) is 3.44. The van der Waals surface area contributed by atoms with Crippen LogP contribution in [0.3, 0.4) is 0 Å². The van der Waals surface area contributed by atoms with Gasteiger partial charge in [0.2, 0.25) is 0 Å². The Kier molecular flexibility index (Phi) is 4.88. The molecule has 0 unspecified atom stereocenters. The molecule has 0 fully saturated rings. The van der Waals surface area contributed by atoms with Gasteiger partial charge in [-0.25, -0.2) is 0 Å². The standard InChI is InChI=1S/C16H24N4/c1-11(2)8-6-4-5-7-9-13-10-14-16(19-20-18-14)12(3)15(13)17/h10-11H,3-9,17H2,1-2H3. The molecule has 0 aliphatic carbocycles. The van der Waals surface area contributed by atoms with Crippen LogP contribution in [0.4, 0.5) is 11.4 Å². The third-order valence-corrected chi connectivity index (χ3v) is 3.79. The lowest BCUT2D eigenvalue weighted by Gasteiger charge is -2.07. The molecule has 2 N–H and O–H groups in total. The number of nitrogen functional groups attached to an aromatic ring is 1. The van der Waals surface area contributed by atoms with E-state index in [9.17, 15) is 0 Å². The summed E-state index contributed by atoms with van der Waals surface area (Å²) < 4.78 is 0. The molecule has 4 heteroatoms. The average molecular weight is 272 g/mol. The van der Waals surface area contributed by atoms with Crippen LogP contribution in [0.2, 0.25) is 0 Å². The van der Waals surface area contributed by atoms with Gasteiger partial charge >= 0.3 is 0 Å². The quantitative estimate of drug-likeness (QED) is 0.599. The summed E-state index contributed by atoms with van der Waals surface area (Å²) in [6, 6.07) is 2.01. The van der Waals surface area contributed by atoms with Gasteiger partial charge in [-0.2, -0.15) is 0 Å². The number of rotatable bonds is 7. The fourth-order valence-electron chi connectivity index (χ4n) is 2.52. The maximum absolute atomic E-state index is 6.13. The molecule has 1 aliphatic rings. The second-order valence-electron chi connectivity index (χ2n) is 5.93. The molecular formula is C16H24N4. The summed E-state index contributed by atoms with van der Waals surface area (Å²) in [5.74, 6) is 0.810. The second-order valence-corrected chi connectivity index (χ2v) is 5.93. The highest BCUT2D eigenvalue weighted by Crippen LogP contribution is 2.18. The van der Waals surface area contributed by atoms with Gasteiger partial charge in [-0.3, -0.25) is 0 Å². The van der Waals surface area contributed by atoms with Crippen LogP contribution in [-0.4, -0.2) is 0 Å². The minimum Gasteiger partial charge on any atom is -0.398 e. The highest BCUT2D eigenvalue weighted by atomic mass is 15.4. The van der Waals surface area contributed by atoms with Crippen LogP contribution in [0, 0.1) is 5.92 Å². The Hall–Kier alpha value is -1.71. The summed E-state index contributed by atoms with van der Waals surface area (Å²) in [6.45, 7) is 8.55. The monoisotopic (exact) mass is 272 g/mol. The van der Waals surface area contributed by atoms with Crippen molar-refractivity contribution in [2.45, 2.75) is 52.4 Å². The smallest absolute Gasteiger partial charge is 0.124 e. The van der Waals surface area contributed by atoms with Crippen LogP contribution < -0.4 is 16.3 Å². The van der Waals surface area contributed by atoms with E-state index in [0.29, 0.717) is 0 Å². The number of unbranched alkanes of at least 4 members (excludes halogenated alkanes) is 3. The molecule has 0 bridgehead atoms. The normalized spacial score (nSPS) is 12.8. The first-order valence-corrected chi connectivity index (χ1v) is 7.48. The topological polar surface area (TPSA) is 63.1 Å². The SMILES string of the molecule is C=c1c(N)c(CCCCCCC(C)C)cc2c1=NN=N2. The third-order valence-electron chi connectivity index (χ3n) is 3.79. The summed E-state index contributed by atoms with van der Waals surface area (Å²) in [5.41, 5.74) is 8.82. The number of benzene rings is 1. The summed E-state index contributed by atoms with van der Waals surface area (Å²) in [6.07, 6.45) is 7.35. The molecule has 1 aliphatic heterocycles. The predicted octanol–water partition coefficient (Wildman–Crippen LogP) is 3.46. The first kappa shape index (κ1) is 14.7. The van der Waals surface area contributed by atoms with Crippen molar-refractivity contribution in [2.24, 2.45) is 21.4 Å². The number of hydrogen-bond donors (Lipinski definition) is 1. The summed E-state index contributed by atoms with van der Waals surface area (Å²) in [5, 5.41) is 13.1. The Balaban J connectivity index is 1.89. The molecule has 2 rings (SSSR count). The van der Waals surface area contributed by atoms with Crippen molar-refractivity contribution in [3.8, 4) is 0 Å². The molecule has 0 radical (unpaired) electrons.